The summed E-state index contributed by atoms with van der Waals surface area (Å²) in [7, 11) is 0. The maximum absolute atomic E-state index is 4.48. The van der Waals surface area contributed by atoms with Crippen molar-refractivity contribution in [1.82, 2.24) is 14.9 Å². The summed E-state index contributed by atoms with van der Waals surface area (Å²) in [5.74, 6) is 1.16. The molecule has 1 aliphatic rings. The van der Waals surface area contributed by atoms with E-state index in [0.717, 1.165) is 25.3 Å². The molecule has 1 atom stereocenters. The van der Waals surface area contributed by atoms with Crippen LogP contribution >= 0.6 is 0 Å². The number of aryl methyl sites for hydroxylation is 2. The number of aromatic nitrogens is 2. The molecule has 1 aromatic carbocycles. The van der Waals surface area contributed by atoms with E-state index in [2.05, 4.69) is 53.1 Å². The highest BCUT2D eigenvalue weighted by atomic mass is 15.0. The molecule has 0 spiro atoms. The Morgan fingerprint density at radius 2 is 2.24 bits per heavy atom. The fourth-order valence-electron chi connectivity index (χ4n) is 3.29. The quantitative estimate of drug-likeness (QED) is 0.879. The Morgan fingerprint density at radius 3 is 3.05 bits per heavy atom. The van der Waals surface area contributed by atoms with Gasteiger partial charge in [-0.1, -0.05) is 25.1 Å². The molecular weight excluding hydrogens is 258 g/mol. The third kappa shape index (κ3) is 3.03. The lowest BCUT2D eigenvalue weighted by Gasteiger charge is -2.13. The van der Waals surface area contributed by atoms with Crippen LogP contribution in [0.2, 0.25) is 0 Å². The lowest BCUT2D eigenvalue weighted by molar-refractivity contribution is 0.529. The fraction of sp³-hybridized carbons (Fsp3) is 0.500. The minimum atomic E-state index is 0.562. The Hall–Kier alpha value is -1.61. The highest BCUT2D eigenvalue weighted by Gasteiger charge is 2.21. The molecule has 21 heavy (non-hydrogen) atoms. The van der Waals surface area contributed by atoms with Crippen LogP contribution in [-0.2, 0) is 19.4 Å². The van der Waals surface area contributed by atoms with Gasteiger partial charge in [-0.05, 0) is 49.4 Å². The van der Waals surface area contributed by atoms with E-state index < -0.39 is 0 Å². The first-order chi connectivity index (χ1) is 10.3. The van der Waals surface area contributed by atoms with E-state index in [9.17, 15) is 0 Å². The van der Waals surface area contributed by atoms with Crippen LogP contribution in [0.3, 0.4) is 0 Å². The Kier molecular flexibility index (Phi) is 4.39. The summed E-state index contributed by atoms with van der Waals surface area (Å²) in [5.41, 5.74) is 4.41. The van der Waals surface area contributed by atoms with Crippen molar-refractivity contribution in [2.24, 2.45) is 0 Å². The van der Waals surface area contributed by atoms with Crippen LogP contribution < -0.4 is 5.32 Å². The normalized spacial score (nSPS) is 17.1. The minimum absolute atomic E-state index is 0.562. The highest BCUT2D eigenvalue weighted by molar-refractivity contribution is 5.38. The minimum Gasteiger partial charge on any atom is -0.335 e. The zero-order chi connectivity index (χ0) is 14.7. The lowest BCUT2D eigenvalue weighted by atomic mass is 10.0. The van der Waals surface area contributed by atoms with E-state index in [1.54, 1.807) is 0 Å². The van der Waals surface area contributed by atoms with E-state index in [1.807, 2.05) is 6.20 Å². The van der Waals surface area contributed by atoms with Gasteiger partial charge in [-0.25, -0.2) is 4.98 Å². The molecule has 1 heterocycles. The molecule has 0 aliphatic heterocycles. The molecule has 3 nitrogen and oxygen atoms in total. The summed E-state index contributed by atoms with van der Waals surface area (Å²) in [4.78, 5) is 4.48. The van der Waals surface area contributed by atoms with Crippen LogP contribution in [-0.4, -0.2) is 16.1 Å². The number of hydrogen-bond acceptors (Lipinski definition) is 2. The topological polar surface area (TPSA) is 29.9 Å². The molecule has 1 aliphatic carbocycles. The van der Waals surface area contributed by atoms with Crippen molar-refractivity contribution in [3.05, 3.63) is 53.1 Å². The van der Waals surface area contributed by atoms with Crippen molar-refractivity contribution in [3.8, 4) is 0 Å². The number of nitrogens with one attached hydrogen (secondary N) is 1. The highest BCUT2D eigenvalue weighted by Crippen LogP contribution is 2.32. The molecule has 1 aromatic heterocycles. The van der Waals surface area contributed by atoms with Crippen molar-refractivity contribution in [3.63, 3.8) is 0 Å². The van der Waals surface area contributed by atoms with Gasteiger partial charge in [0.1, 0.15) is 5.82 Å². The zero-order valence-corrected chi connectivity index (χ0v) is 13.1. The summed E-state index contributed by atoms with van der Waals surface area (Å²) in [6.45, 7) is 6.49. The Morgan fingerprint density at radius 1 is 1.33 bits per heavy atom. The van der Waals surface area contributed by atoms with Gasteiger partial charge in [0.05, 0.1) is 0 Å². The van der Waals surface area contributed by atoms with Crippen molar-refractivity contribution in [2.75, 3.05) is 6.54 Å². The lowest BCUT2D eigenvalue weighted by Crippen LogP contribution is -2.19. The van der Waals surface area contributed by atoms with Gasteiger partial charge in [-0.3, -0.25) is 0 Å². The molecular formula is C18H25N3. The van der Waals surface area contributed by atoms with E-state index in [4.69, 9.17) is 0 Å². The molecule has 3 heteroatoms. The molecule has 1 unspecified atom stereocenters. The second kappa shape index (κ2) is 6.44. The van der Waals surface area contributed by atoms with Gasteiger partial charge in [0.2, 0.25) is 0 Å². The summed E-state index contributed by atoms with van der Waals surface area (Å²) >= 11 is 0. The molecule has 0 amide bonds. The monoisotopic (exact) mass is 283 g/mol. The standard InChI is InChI=1S/C18H25N3/c1-3-9-19-17-8-6-15-12-14(5-7-16(15)17)13-18-20-10-11-21(18)4-2/h5,7,10-12,17,19H,3-4,6,8-9,13H2,1-2H3. The molecule has 0 fully saturated rings. The van der Waals surface area contributed by atoms with Crippen LogP contribution in [0.5, 0.6) is 0 Å². The summed E-state index contributed by atoms with van der Waals surface area (Å²) < 4.78 is 2.22. The number of hydrogen-bond donors (Lipinski definition) is 1. The largest absolute Gasteiger partial charge is 0.335 e. The van der Waals surface area contributed by atoms with Gasteiger partial charge in [0.15, 0.2) is 0 Å². The SMILES string of the molecule is CCCNC1CCc2cc(Cc3nccn3CC)ccc21. The van der Waals surface area contributed by atoms with E-state index in [-0.39, 0.29) is 0 Å². The first-order valence-electron chi connectivity index (χ1n) is 8.17. The van der Waals surface area contributed by atoms with Crippen LogP contribution in [0.15, 0.2) is 30.6 Å². The van der Waals surface area contributed by atoms with Crippen LogP contribution in [0.4, 0.5) is 0 Å². The Labute approximate surface area is 127 Å². The molecule has 112 valence electrons. The summed E-state index contributed by atoms with van der Waals surface area (Å²) in [6.07, 6.45) is 8.53. The predicted octanol–water partition coefficient (Wildman–Crippen LogP) is 3.48. The molecule has 0 saturated heterocycles. The first kappa shape index (κ1) is 14.3. The molecule has 3 rings (SSSR count). The molecule has 2 aromatic rings. The van der Waals surface area contributed by atoms with Gasteiger partial charge in [0, 0.05) is 31.4 Å². The van der Waals surface area contributed by atoms with Crippen LogP contribution in [0.1, 0.15) is 55.2 Å². The second-order valence-corrected chi connectivity index (χ2v) is 5.88. The van der Waals surface area contributed by atoms with Crippen molar-refractivity contribution in [1.29, 1.82) is 0 Å². The summed E-state index contributed by atoms with van der Waals surface area (Å²) in [6, 6.07) is 7.55. The maximum atomic E-state index is 4.48. The zero-order valence-electron chi connectivity index (χ0n) is 13.1. The van der Waals surface area contributed by atoms with Crippen LogP contribution in [0.25, 0.3) is 0 Å². The Balaban J connectivity index is 1.75. The molecule has 0 bridgehead atoms. The van der Waals surface area contributed by atoms with Gasteiger partial charge < -0.3 is 9.88 Å². The second-order valence-electron chi connectivity index (χ2n) is 5.88. The average Bonchev–Trinajstić information content (AvgIpc) is 3.11. The van der Waals surface area contributed by atoms with E-state index in [1.165, 1.54) is 36.0 Å². The fourth-order valence-corrected chi connectivity index (χ4v) is 3.29. The van der Waals surface area contributed by atoms with Gasteiger partial charge in [0.25, 0.3) is 0 Å². The number of fused-ring (bicyclic) bond motifs is 1. The molecule has 0 radical (unpaired) electrons. The van der Waals surface area contributed by atoms with Gasteiger partial charge >= 0.3 is 0 Å². The molecule has 1 N–H and O–H groups in total. The van der Waals surface area contributed by atoms with Crippen molar-refractivity contribution < 1.29 is 0 Å². The van der Waals surface area contributed by atoms with Gasteiger partial charge in [-0.15, -0.1) is 0 Å². The van der Waals surface area contributed by atoms with Gasteiger partial charge in [-0.2, -0.15) is 0 Å². The number of rotatable bonds is 6. The van der Waals surface area contributed by atoms with E-state index in [0.29, 0.717) is 6.04 Å². The maximum Gasteiger partial charge on any atom is 0.113 e. The van der Waals surface area contributed by atoms with Crippen molar-refractivity contribution in [2.45, 2.75) is 52.1 Å². The number of imidazole rings is 1. The van der Waals surface area contributed by atoms with E-state index >= 15 is 0 Å². The average molecular weight is 283 g/mol. The first-order valence-corrected chi connectivity index (χ1v) is 8.17. The third-order valence-electron chi connectivity index (χ3n) is 4.43. The van der Waals surface area contributed by atoms with Crippen LogP contribution in [0, 0.1) is 0 Å². The molecule has 0 saturated carbocycles. The van der Waals surface area contributed by atoms with Crippen molar-refractivity contribution >= 4 is 0 Å². The summed E-state index contributed by atoms with van der Waals surface area (Å²) in [5, 5.41) is 3.65. The smallest absolute Gasteiger partial charge is 0.113 e. The predicted molar refractivity (Wildman–Crippen MR) is 86.5 cm³/mol. The number of benzene rings is 1. The Bertz CT molecular complexity index is 600. The third-order valence-corrected chi connectivity index (χ3v) is 4.43. The number of nitrogens with zero attached hydrogens (tertiary/aromatic N) is 2.